The first-order valence-corrected chi connectivity index (χ1v) is 6.39. The number of methoxy groups -OCH3 is 1. The molecule has 1 aromatic heterocycles. The van der Waals surface area contributed by atoms with Gasteiger partial charge >= 0.3 is 0 Å². The van der Waals surface area contributed by atoms with E-state index in [1.54, 1.807) is 7.11 Å². The highest BCUT2D eigenvalue weighted by Crippen LogP contribution is 2.52. The number of hydrogen-bond donors (Lipinski definition) is 2. The number of nitrogens with two attached hydrogens (primary N) is 1. The Morgan fingerprint density at radius 2 is 2.25 bits per heavy atom. The normalized spacial score (nSPS) is 17.5. The van der Waals surface area contributed by atoms with Crippen molar-refractivity contribution in [1.29, 1.82) is 0 Å². The molecule has 3 N–H and O–H groups in total. The monoisotopic (exact) mass is 241 g/mol. The number of anilines is 2. The van der Waals surface area contributed by atoms with Gasteiger partial charge in [0.05, 0.1) is 7.11 Å². The Kier molecular flexibility index (Phi) is 2.97. The van der Waals surface area contributed by atoms with Crippen LogP contribution in [0, 0.1) is 11.3 Å². The van der Waals surface area contributed by atoms with E-state index in [-0.39, 0.29) is 0 Å². The third kappa shape index (κ3) is 1.96. The van der Waals surface area contributed by atoms with E-state index in [0.717, 1.165) is 17.5 Å². The second kappa shape index (κ2) is 4.13. The van der Waals surface area contributed by atoms with E-state index in [0.29, 0.717) is 17.0 Å². The van der Waals surface area contributed by atoms with Gasteiger partial charge in [0.1, 0.15) is 0 Å². The number of ether oxygens (including phenoxy) is 1. The van der Waals surface area contributed by atoms with E-state index >= 15 is 0 Å². The number of rotatable bonds is 5. The van der Waals surface area contributed by atoms with Crippen molar-refractivity contribution < 1.29 is 4.74 Å². The lowest BCUT2D eigenvalue weighted by atomic mass is 9.92. The standard InChI is InChI=1S/C11H19N3OS/c1-7(2)11(4-5-11)6-13-10-8(15-3)9(12)14-16-10/h7,13H,4-6H2,1-3H3,(H2,12,14). The Labute approximate surface area is 100 Å². The molecule has 1 saturated carbocycles. The molecule has 0 spiro atoms. The summed E-state index contributed by atoms with van der Waals surface area (Å²) in [5, 5.41) is 4.37. The lowest BCUT2D eigenvalue weighted by molar-refractivity contribution is 0.378. The molecule has 0 aliphatic heterocycles. The van der Waals surface area contributed by atoms with E-state index in [1.165, 1.54) is 24.4 Å². The Morgan fingerprint density at radius 3 is 2.75 bits per heavy atom. The van der Waals surface area contributed by atoms with Gasteiger partial charge in [0, 0.05) is 6.54 Å². The summed E-state index contributed by atoms with van der Waals surface area (Å²) >= 11 is 1.37. The molecule has 90 valence electrons. The second-order valence-electron chi connectivity index (χ2n) is 4.80. The van der Waals surface area contributed by atoms with Crippen molar-refractivity contribution in [3.05, 3.63) is 0 Å². The summed E-state index contributed by atoms with van der Waals surface area (Å²) in [6.07, 6.45) is 2.63. The quantitative estimate of drug-likeness (QED) is 0.832. The van der Waals surface area contributed by atoms with Crippen LogP contribution in [0.15, 0.2) is 0 Å². The van der Waals surface area contributed by atoms with Gasteiger partial charge in [-0.25, -0.2) is 0 Å². The topological polar surface area (TPSA) is 60.2 Å². The summed E-state index contributed by atoms with van der Waals surface area (Å²) in [6.45, 7) is 5.56. The van der Waals surface area contributed by atoms with Crippen LogP contribution in [0.25, 0.3) is 0 Å². The molecular weight excluding hydrogens is 222 g/mol. The molecule has 1 aliphatic carbocycles. The third-order valence-electron chi connectivity index (χ3n) is 3.60. The summed E-state index contributed by atoms with van der Waals surface area (Å²) in [5.41, 5.74) is 6.18. The molecule has 5 heteroatoms. The lowest BCUT2D eigenvalue weighted by Crippen LogP contribution is -2.20. The van der Waals surface area contributed by atoms with Crippen molar-refractivity contribution in [2.75, 3.05) is 24.7 Å². The van der Waals surface area contributed by atoms with Crippen LogP contribution in [0.4, 0.5) is 10.8 Å². The van der Waals surface area contributed by atoms with Crippen molar-refractivity contribution in [3.8, 4) is 5.75 Å². The Hall–Kier alpha value is -0.970. The van der Waals surface area contributed by atoms with Crippen LogP contribution in [0.2, 0.25) is 0 Å². The number of aromatic nitrogens is 1. The minimum Gasteiger partial charge on any atom is -0.490 e. The van der Waals surface area contributed by atoms with E-state index < -0.39 is 0 Å². The van der Waals surface area contributed by atoms with Crippen molar-refractivity contribution >= 4 is 22.4 Å². The molecule has 4 nitrogen and oxygen atoms in total. The molecular formula is C11H19N3OS. The fourth-order valence-electron chi connectivity index (χ4n) is 1.98. The van der Waals surface area contributed by atoms with Crippen LogP contribution < -0.4 is 15.8 Å². The van der Waals surface area contributed by atoms with Crippen molar-refractivity contribution in [3.63, 3.8) is 0 Å². The van der Waals surface area contributed by atoms with Gasteiger partial charge in [0.2, 0.25) is 0 Å². The van der Waals surface area contributed by atoms with Crippen LogP contribution in [-0.2, 0) is 0 Å². The molecule has 0 saturated heterocycles. The summed E-state index contributed by atoms with van der Waals surface area (Å²) in [6, 6.07) is 0. The smallest absolute Gasteiger partial charge is 0.197 e. The van der Waals surface area contributed by atoms with Crippen LogP contribution in [0.3, 0.4) is 0 Å². The van der Waals surface area contributed by atoms with E-state index in [9.17, 15) is 0 Å². The van der Waals surface area contributed by atoms with Crippen molar-refractivity contribution in [2.45, 2.75) is 26.7 Å². The molecule has 2 rings (SSSR count). The number of hydrogen-bond acceptors (Lipinski definition) is 5. The first-order valence-electron chi connectivity index (χ1n) is 5.62. The molecule has 1 aliphatic rings. The summed E-state index contributed by atoms with van der Waals surface area (Å²) in [7, 11) is 1.63. The number of nitrogens with one attached hydrogen (secondary N) is 1. The van der Waals surface area contributed by atoms with Crippen LogP contribution in [0.5, 0.6) is 5.75 Å². The zero-order valence-corrected chi connectivity index (χ0v) is 10.9. The maximum atomic E-state index is 5.70. The van der Waals surface area contributed by atoms with E-state index in [1.807, 2.05) is 0 Å². The highest BCUT2D eigenvalue weighted by Gasteiger charge is 2.45. The van der Waals surface area contributed by atoms with Gasteiger partial charge in [-0.3, -0.25) is 0 Å². The molecule has 0 amide bonds. The van der Waals surface area contributed by atoms with E-state index in [2.05, 4.69) is 23.5 Å². The minimum atomic E-state index is 0.476. The molecule has 1 aromatic rings. The summed E-state index contributed by atoms with van der Waals surface area (Å²) in [5.74, 6) is 1.88. The maximum absolute atomic E-state index is 5.70. The Morgan fingerprint density at radius 1 is 1.56 bits per heavy atom. The van der Waals surface area contributed by atoms with E-state index in [4.69, 9.17) is 10.5 Å². The van der Waals surface area contributed by atoms with Crippen LogP contribution in [-0.4, -0.2) is 18.0 Å². The average molecular weight is 241 g/mol. The highest BCUT2D eigenvalue weighted by atomic mass is 32.1. The second-order valence-corrected chi connectivity index (χ2v) is 5.57. The zero-order chi connectivity index (χ0) is 11.8. The largest absolute Gasteiger partial charge is 0.490 e. The molecule has 16 heavy (non-hydrogen) atoms. The van der Waals surface area contributed by atoms with Gasteiger partial charge in [0.25, 0.3) is 0 Å². The molecule has 0 aromatic carbocycles. The highest BCUT2D eigenvalue weighted by molar-refractivity contribution is 7.11. The molecule has 1 fully saturated rings. The van der Waals surface area contributed by atoms with Gasteiger partial charge in [-0.1, -0.05) is 13.8 Å². The number of nitrogen functional groups attached to an aromatic ring is 1. The molecule has 0 unspecified atom stereocenters. The number of nitrogens with zero attached hydrogens (tertiary/aromatic N) is 1. The lowest BCUT2D eigenvalue weighted by Gasteiger charge is -2.20. The Bertz CT molecular complexity index is 371. The van der Waals surface area contributed by atoms with Gasteiger partial charge in [-0.15, -0.1) is 0 Å². The molecule has 1 heterocycles. The fourth-order valence-corrected chi connectivity index (χ4v) is 2.66. The third-order valence-corrected chi connectivity index (χ3v) is 4.40. The molecule has 0 radical (unpaired) electrons. The van der Waals surface area contributed by atoms with Crippen LogP contribution in [0.1, 0.15) is 26.7 Å². The van der Waals surface area contributed by atoms with Crippen molar-refractivity contribution in [1.82, 2.24) is 4.37 Å². The van der Waals surface area contributed by atoms with Gasteiger partial charge < -0.3 is 15.8 Å². The average Bonchev–Trinajstić information content (AvgIpc) is 2.96. The summed E-state index contributed by atoms with van der Waals surface area (Å²) in [4.78, 5) is 0. The fraction of sp³-hybridized carbons (Fsp3) is 0.727. The Balaban J connectivity index is 2.00. The van der Waals surface area contributed by atoms with Crippen LogP contribution >= 0.6 is 11.5 Å². The maximum Gasteiger partial charge on any atom is 0.197 e. The first kappa shape index (κ1) is 11.5. The first-order chi connectivity index (χ1) is 7.59. The molecule has 0 atom stereocenters. The van der Waals surface area contributed by atoms with Crippen molar-refractivity contribution in [2.24, 2.45) is 11.3 Å². The summed E-state index contributed by atoms with van der Waals surface area (Å²) < 4.78 is 9.31. The minimum absolute atomic E-state index is 0.476. The van der Waals surface area contributed by atoms with Gasteiger partial charge in [-0.05, 0) is 35.7 Å². The zero-order valence-electron chi connectivity index (χ0n) is 10.0. The predicted octanol–water partition coefficient (Wildman–Crippen LogP) is 2.58. The van der Waals surface area contributed by atoms with Gasteiger partial charge in [-0.2, -0.15) is 4.37 Å². The SMILES string of the molecule is COc1c(N)nsc1NCC1(C(C)C)CC1. The molecule has 0 bridgehead atoms. The van der Waals surface area contributed by atoms with Gasteiger partial charge in [0.15, 0.2) is 16.6 Å². The predicted molar refractivity (Wildman–Crippen MR) is 68.1 cm³/mol.